The Bertz CT molecular complexity index is 179. The molecule has 0 spiro atoms. The van der Waals surface area contributed by atoms with Crippen LogP contribution in [-0.4, -0.2) is 13.2 Å². The zero-order valence-corrected chi connectivity index (χ0v) is 8.05. The van der Waals surface area contributed by atoms with Crippen molar-refractivity contribution < 1.29 is 4.74 Å². The first-order chi connectivity index (χ1) is 5.88. The molecule has 68 valence electrons. The molecule has 0 aliphatic heterocycles. The normalized spacial score (nSPS) is 19.0. The second kappa shape index (κ2) is 5.15. The highest BCUT2D eigenvalue weighted by molar-refractivity contribution is 5.20. The fraction of sp³-hybridized carbons (Fsp3) is 0.636. The summed E-state index contributed by atoms with van der Waals surface area (Å²) in [5.41, 5.74) is 1.46. The summed E-state index contributed by atoms with van der Waals surface area (Å²) in [4.78, 5) is 0. The van der Waals surface area contributed by atoms with E-state index in [1.807, 2.05) is 0 Å². The monoisotopic (exact) mass is 166 g/mol. The van der Waals surface area contributed by atoms with E-state index in [0.29, 0.717) is 6.10 Å². The Morgan fingerprint density at radius 3 is 2.92 bits per heavy atom. The second-order valence-corrected chi connectivity index (χ2v) is 3.22. The standard InChI is InChI=1S/C11H18O/c1-3-7-11(12-2)10-8-5-4-6-9-10/h4-5,8,11H,3,6-7,9H2,1-2H3. The van der Waals surface area contributed by atoms with Gasteiger partial charge in [-0.1, -0.05) is 31.6 Å². The van der Waals surface area contributed by atoms with Crippen LogP contribution in [0.3, 0.4) is 0 Å². The molecule has 1 rings (SSSR count). The number of methoxy groups -OCH3 is 1. The molecule has 1 unspecified atom stereocenters. The summed E-state index contributed by atoms with van der Waals surface area (Å²) in [6.45, 7) is 2.20. The second-order valence-electron chi connectivity index (χ2n) is 3.22. The van der Waals surface area contributed by atoms with Crippen LogP contribution in [0, 0.1) is 0 Å². The average molecular weight is 166 g/mol. The molecular formula is C11H18O. The Hall–Kier alpha value is -0.560. The molecule has 12 heavy (non-hydrogen) atoms. The van der Waals surface area contributed by atoms with Crippen LogP contribution >= 0.6 is 0 Å². The maximum atomic E-state index is 5.43. The first-order valence-corrected chi connectivity index (χ1v) is 4.77. The minimum absolute atomic E-state index is 0.361. The Balaban J connectivity index is 2.51. The number of ether oxygens (including phenoxy) is 1. The van der Waals surface area contributed by atoms with E-state index < -0.39 is 0 Å². The van der Waals surface area contributed by atoms with Crippen LogP contribution in [0.2, 0.25) is 0 Å². The van der Waals surface area contributed by atoms with Crippen molar-refractivity contribution in [3.8, 4) is 0 Å². The molecule has 0 bridgehead atoms. The van der Waals surface area contributed by atoms with Gasteiger partial charge in [-0.05, 0) is 24.8 Å². The van der Waals surface area contributed by atoms with Crippen molar-refractivity contribution in [1.82, 2.24) is 0 Å². The van der Waals surface area contributed by atoms with Gasteiger partial charge in [0, 0.05) is 7.11 Å². The number of hydrogen-bond donors (Lipinski definition) is 0. The highest BCUT2D eigenvalue weighted by Crippen LogP contribution is 2.20. The van der Waals surface area contributed by atoms with Crippen molar-refractivity contribution in [2.75, 3.05) is 7.11 Å². The lowest BCUT2D eigenvalue weighted by Crippen LogP contribution is -2.14. The summed E-state index contributed by atoms with van der Waals surface area (Å²) < 4.78 is 5.43. The Morgan fingerprint density at radius 1 is 1.58 bits per heavy atom. The summed E-state index contributed by atoms with van der Waals surface area (Å²) in [5, 5.41) is 0. The van der Waals surface area contributed by atoms with Gasteiger partial charge >= 0.3 is 0 Å². The summed E-state index contributed by atoms with van der Waals surface area (Å²) in [6.07, 6.45) is 11.6. The molecule has 0 aromatic heterocycles. The summed E-state index contributed by atoms with van der Waals surface area (Å²) in [5.74, 6) is 0. The molecule has 1 aliphatic carbocycles. The fourth-order valence-electron chi connectivity index (χ4n) is 1.61. The smallest absolute Gasteiger partial charge is 0.0784 e. The zero-order valence-electron chi connectivity index (χ0n) is 8.05. The molecule has 1 atom stereocenters. The maximum Gasteiger partial charge on any atom is 0.0784 e. The molecule has 0 aromatic rings. The number of hydrogen-bond acceptors (Lipinski definition) is 1. The molecule has 0 heterocycles. The lowest BCUT2D eigenvalue weighted by molar-refractivity contribution is 0.120. The van der Waals surface area contributed by atoms with Crippen LogP contribution in [0.1, 0.15) is 32.6 Å². The zero-order chi connectivity index (χ0) is 8.81. The predicted molar refractivity (Wildman–Crippen MR) is 52.2 cm³/mol. The van der Waals surface area contributed by atoms with Gasteiger partial charge in [0.15, 0.2) is 0 Å². The average Bonchev–Trinajstić information content (AvgIpc) is 2.15. The Kier molecular flexibility index (Phi) is 4.09. The van der Waals surface area contributed by atoms with Gasteiger partial charge in [0.05, 0.1) is 6.10 Å². The van der Waals surface area contributed by atoms with Crippen molar-refractivity contribution >= 4 is 0 Å². The molecule has 1 nitrogen and oxygen atoms in total. The van der Waals surface area contributed by atoms with Gasteiger partial charge in [0.2, 0.25) is 0 Å². The number of rotatable bonds is 4. The van der Waals surface area contributed by atoms with Crippen LogP contribution in [0.4, 0.5) is 0 Å². The van der Waals surface area contributed by atoms with E-state index in [4.69, 9.17) is 4.74 Å². The van der Waals surface area contributed by atoms with Gasteiger partial charge in [-0.15, -0.1) is 0 Å². The minimum Gasteiger partial charge on any atom is -0.377 e. The van der Waals surface area contributed by atoms with Gasteiger partial charge in [-0.3, -0.25) is 0 Å². The van der Waals surface area contributed by atoms with Gasteiger partial charge in [-0.25, -0.2) is 0 Å². The third-order valence-electron chi connectivity index (χ3n) is 2.30. The highest BCUT2D eigenvalue weighted by atomic mass is 16.5. The summed E-state index contributed by atoms with van der Waals surface area (Å²) >= 11 is 0. The maximum absolute atomic E-state index is 5.43. The van der Waals surface area contributed by atoms with E-state index in [1.165, 1.54) is 24.8 Å². The molecule has 0 aromatic carbocycles. The number of allylic oxidation sites excluding steroid dienone is 3. The quantitative estimate of drug-likeness (QED) is 0.623. The predicted octanol–water partition coefficient (Wildman–Crippen LogP) is 3.08. The largest absolute Gasteiger partial charge is 0.377 e. The van der Waals surface area contributed by atoms with E-state index in [1.54, 1.807) is 7.11 Å². The molecule has 0 saturated carbocycles. The van der Waals surface area contributed by atoms with Crippen LogP contribution < -0.4 is 0 Å². The molecule has 0 radical (unpaired) electrons. The van der Waals surface area contributed by atoms with Crippen molar-refractivity contribution in [3.63, 3.8) is 0 Å². The van der Waals surface area contributed by atoms with Gasteiger partial charge in [-0.2, -0.15) is 0 Å². The van der Waals surface area contributed by atoms with Crippen molar-refractivity contribution in [3.05, 3.63) is 23.8 Å². The van der Waals surface area contributed by atoms with Crippen LogP contribution in [-0.2, 0) is 4.74 Å². The third kappa shape index (κ3) is 2.49. The van der Waals surface area contributed by atoms with Gasteiger partial charge < -0.3 is 4.74 Å². The Morgan fingerprint density at radius 2 is 2.42 bits per heavy atom. The SMILES string of the molecule is CCCC(OC)C1=CC=CCC1. The van der Waals surface area contributed by atoms with E-state index >= 15 is 0 Å². The van der Waals surface area contributed by atoms with E-state index in [-0.39, 0.29) is 0 Å². The van der Waals surface area contributed by atoms with Crippen LogP contribution in [0.25, 0.3) is 0 Å². The lowest BCUT2D eigenvalue weighted by atomic mass is 9.97. The van der Waals surface area contributed by atoms with Crippen molar-refractivity contribution in [1.29, 1.82) is 0 Å². The van der Waals surface area contributed by atoms with Crippen LogP contribution in [0.5, 0.6) is 0 Å². The minimum atomic E-state index is 0.361. The molecule has 0 amide bonds. The molecule has 0 saturated heterocycles. The first-order valence-electron chi connectivity index (χ1n) is 4.77. The Labute approximate surface area is 75.1 Å². The van der Waals surface area contributed by atoms with E-state index in [0.717, 1.165) is 6.42 Å². The topological polar surface area (TPSA) is 9.23 Å². The van der Waals surface area contributed by atoms with Crippen molar-refractivity contribution in [2.45, 2.75) is 38.7 Å². The van der Waals surface area contributed by atoms with Crippen LogP contribution in [0.15, 0.2) is 23.8 Å². The van der Waals surface area contributed by atoms with E-state index in [2.05, 4.69) is 25.2 Å². The molecular weight excluding hydrogens is 148 g/mol. The lowest BCUT2D eigenvalue weighted by Gasteiger charge is -2.19. The third-order valence-corrected chi connectivity index (χ3v) is 2.30. The summed E-state index contributed by atoms with van der Waals surface area (Å²) in [7, 11) is 1.81. The van der Waals surface area contributed by atoms with Gasteiger partial charge in [0.1, 0.15) is 0 Å². The molecule has 1 aliphatic rings. The highest BCUT2D eigenvalue weighted by Gasteiger charge is 2.12. The fourth-order valence-corrected chi connectivity index (χ4v) is 1.61. The molecule has 0 fully saturated rings. The van der Waals surface area contributed by atoms with E-state index in [9.17, 15) is 0 Å². The summed E-state index contributed by atoms with van der Waals surface area (Å²) in [6, 6.07) is 0. The molecule has 1 heteroatoms. The first kappa shape index (κ1) is 9.53. The molecule has 0 N–H and O–H groups in total. The van der Waals surface area contributed by atoms with Crippen molar-refractivity contribution in [2.24, 2.45) is 0 Å². The van der Waals surface area contributed by atoms with Gasteiger partial charge in [0.25, 0.3) is 0 Å².